The highest BCUT2D eigenvalue weighted by Gasteiger charge is 2.17. The smallest absolute Gasteiger partial charge is 0.250 e. The average Bonchev–Trinajstić information content (AvgIpc) is 3.29. The maximum absolute atomic E-state index is 13.9. The predicted octanol–water partition coefficient (Wildman–Crippen LogP) is 6.02. The summed E-state index contributed by atoms with van der Waals surface area (Å²) in [6.07, 6.45) is 1.17. The van der Waals surface area contributed by atoms with E-state index in [0.29, 0.717) is 22.6 Å². The Morgan fingerprint density at radius 2 is 1.86 bits per heavy atom. The molecule has 3 aromatic carbocycles. The van der Waals surface area contributed by atoms with Gasteiger partial charge in [-0.15, -0.1) is 10.2 Å². The molecule has 0 saturated heterocycles. The Morgan fingerprint density at radius 3 is 2.56 bits per heavy atom. The van der Waals surface area contributed by atoms with Crippen LogP contribution < -0.4 is 10.2 Å². The van der Waals surface area contributed by atoms with Crippen molar-refractivity contribution >= 4 is 47.1 Å². The minimum atomic E-state index is -0.534. The number of benzene rings is 3. The van der Waals surface area contributed by atoms with E-state index in [9.17, 15) is 9.18 Å². The summed E-state index contributed by atoms with van der Waals surface area (Å²) in [5.74, 6) is 0.388. The van der Waals surface area contributed by atoms with Crippen LogP contribution in [0.4, 0.5) is 4.39 Å². The molecule has 4 rings (SSSR count). The number of aromatic nitrogens is 3. The van der Waals surface area contributed by atoms with Crippen molar-refractivity contribution in [2.45, 2.75) is 12.1 Å². The van der Waals surface area contributed by atoms with Crippen LogP contribution in [0.25, 0.3) is 17.1 Å². The van der Waals surface area contributed by atoms with Crippen LogP contribution in [0.15, 0.2) is 77.0 Å². The molecule has 0 saturated carbocycles. The molecule has 36 heavy (non-hydrogen) atoms. The third-order valence-corrected chi connectivity index (χ3v) is 6.37. The summed E-state index contributed by atoms with van der Waals surface area (Å²) in [6, 6.07) is 19.0. The topological polar surface area (TPSA) is 81.4 Å². The van der Waals surface area contributed by atoms with E-state index in [1.807, 2.05) is 47.9 Å². The van der Waals surface area contributed by atoms with Crippen molar-refractivity contribution < 1.29 is 13.9 Å². The largest absolute Gasteiger partial charge is 0.494 e. The highest BCUT2D eigenvalue weighted by Crippen LogP contribution is 2.29. The highest BCUT2D eigenvalue weighted by atomic mass is 35.5. The number of thioether (sulfide) groups is 1. The number of nitrogens with zero attached hydrogens (tertiary/aromatic N) is 4. The van der Waals surface area contributed by atoms with Crippen molar-refractivity contribution in [2.75, 3.05) is 12.4 Å². The fraction of sp³-hybridized carbons (Fsp3) is 0.120. The first kappa shape index (κ1) is 25.7. The lowest BCUT2D eigenvalue weighted by Crippen LogP contribution is -2.20. The van der Waals surface area contributed by atoms with E-state index in [1.165, 1.54) is 36.2 Å². The molecule has 4 aromatic rings. The van der Waals surface area contributed by atoms with Gasteiger partial charge in [-0.3, -0.25) is 9.36 Å². The van der Waals surface area contributed by atoms with Gasteiger partial charge in [0.05, 0.1) is 23.6 Å². The molecule has 0 aliphatic carbocycles. The van der Waals surface area contributed by atoms with Crippen molar-refractivity contribution in [2.24, 2.45) is 5.10 Å². The quantitative estimate of drug-likeness (QED) is 0.158. The summed E-state index contributed by atoms with van der Waals surface area (Å²) in [4.78, 5) is 12.4. The average molecular weight is 544 g/mol. The van der Waals surface area contributed by atoms with Gasteiger partial charge in [-0.05, 0) is 67.6 Å². The van der Waals surface area contributed by atoms with Gasteiger partial charge in [0.1, 0.15) is 11.6 Å². The van der Waals surface area contributed by atoms with Crippen molar-refractivity contribution in [3.05, 3.63) is 88.2 Å². The molecule has 0 bridgehead atoms. The monoisotopic (exact) mass is 543 g/mol. The SMILES string of the molecule is CCOc1ccc(-n2c(SCC(=O)N/N=C/c3c(F)cccc3Cl)nnc2-c2ccc(Cl)cc2)cc1. The zero-order valence-electron chi connectivity index (χ0n) is 19.0. The summed E-state index contributed by atoms with van der Waals surface area (Å²) >= 11 is 13.2. The van der Waals surface area contributed by atoms with E-state index >= 15 is 0 Å². The molecule has 1 N–H and O–H groups in total. The van der Waals surface area contributed by atoms with Crippen LogP contribution in [0.2, 0.25) is 10.0 Å². The Bertz CT molecular complexity index is 1360. The zero-order valence-corrected chi connectivity index (χ0v) is 21.3. The van der Waals surface area contributed by atoms with E-state index in [4.69, 9.17) is 27.9 Å². The van der Waals surface area contributed by atoms with Crippen molar-refractivity contribution in [3.8, 4) is 22.8 Å². The Hall–Kier alpha value is -3.40. The van der Waals surface area contributed by atoms with Crippen LogP contribution >= 0.6 is 35.0 Å². The van der Waals surface area contributed by atoms with Crippen LogP contribution in [0.3, 0.4) is 0 Å². The highest BCUT2D eigenvalue weighted by molar-refractivity contribution is 7.99. The van der Waals surface area contributed by atoms with Crippen molar-refractivity contribution in [3.63, 3.8) is 0 Å². The van der Waals surface area contributed by atoms with E-state index < -0.39 is 11.7 Å². The van der Waals surface area contributed by atoms with Gasteiger partial charge >= 0.3 is 0 Å². The Balaban J connectivity index is 1.53. The third-order valence-electron chi connectivity index (χ3n) is 4.86. The lowest BCUT2D eigenvalue weighted by molar-refractivity contribution is -0.118. The predicted molar refractivity (Wildman–Crippen MR) is 141 cm³/mol. The third kappa shape index (κ3) is 6.23. The lowest BCUT2D eigenvalue weighted by atomic mass is 10.2. The van der Waals surface area contributed by atoms with Crippen LogP contribution in [0, 0.1) is 5.82 Å². The van der Waals surface area contributed by atoms with Gasteiger partial charge in [0.15, 0.2) is 11.0 Å². The zero-order chi connectivity index (χ0) is 25.5. The van der Waals surface area contributed by atoms with Crippen LogP contribution in [0.1, 0.15) is 12.5 Å². The van der Waals surface area contributed by atoms with Gasteiger partial charge in [0.25, 0.3) is 5.91 Å². The molecule has 1 amide bonds. The fourth-order valence-corrected chi connectivity index (χ4v) is 4.29. The summed E-state index contributed by atoms with van der Waals surface area (Å²) < 4.78 is 21.2. The molecule has 0 fully saturated rings. The molecule has 0 unspecified atom stereocenters. The number of amides is 1. The van der Waals surface area contributed by atoms with Gasteiger partial charge in [-0.25, -0.2) is 9.82 Å². The molecule has 0 aliphatic rings. The Morgan fingerprint density at radius 1 is 1.11 bits per heavy atom. The number of halogens is 3. The molecule has 1 aromatic heterocycles. The van der Waals surface area contributed by atoms with Crippen molar-refractivity contribution in [1.82, 2.24) is 20.2 Å². The van der Waals surface area contributed by atoms with Crippen LogP contribution in [-0.4, -0.2) is 39.2 Å². The summed E-state index contributed by atoms with van der Waals surface area (Å²) in [5, 5.41) is 13.8. The minimum Gasteiger partial charge on any atom is -0.494 e. The lowest BCUT2D eigenvalue weighted by Gasteiger charge is -2.11. The van der Waals surface area contributed by atoms with Crippen molar-refractivity contribution in [1.29, 1.82) is 0 Å². The molecular weight excluding hydrogens is 524 g/mol. The molecule has 11 heteroatoms. The number of carbonyl (C=O) groups excluding carboxylic acids is 1. The Labute approximate surface area is 221 Å². The first-order chi connectivity index (χ1) is 17.5. The van der Waals surface area contributed by atoms with E-state index in [-0.39, 0.29) is 16.3 Å². The maximum atomic E-state index is 13.9. The number of rotatable bonds is 9. The summed E-state index contributed by atoms with van der Waals surface area (Å²) in [5.41, 5.74) is 4.07. The number of ether oxygens (including phenoxy) is 1. The second-order valence-electron chi connectivity index (χ2n) is 7.29. The Kier molecular flexibility index (Phi) is 8.58. The molecule has 184 valence electrons. The van der Waals surface area contributed by atoms with E-state index in [2.05, 4.69) is 20.7 Å². The minimum absolute atomic E-state index is 0.00186. The molecule has 7 nitrogen and oxygen atoms in total. The van der Waals surface area contributed by atoms with Crippen LogP contribution in [-0.2, 0) is 4.79 Å². The molecule has 0 aliphatic heterocycles. The van der Waals surface area contributed by atoms with Crippen LogP contribution in [0.5, 0.6) is 5.75 Å². The first-order valence-corrected chi connectivity index (χ1v) is 12.5. The second-order valence-corrected chi connectivity index (χ2v) is 9.08. The van der Waals surface area contributed by atoms with Gasteiger partial charge in [0, 0.05) is 21.8 Å². The molecular formula is C25H20Cl2FN5O2S. The maximum Gasteiger partial charge on any atom is 0.250 e. The number of hydrogen-bond acceptors (Lipinski definition) is 6. The number of carbonyl (C=O) groups is 1. The number of hydrazone groups is 1. The van der Waals surface area contributed by atoms with Gasteiger partial charge < -0.3 is 4.74 Å². The molecule has 0 spiro atoms. The normalized spacial score (nSPS) is 11.1. The van der Waals surface area contributed by atoms with Gasteiger partial charge in [-0.1, -0.05) is 41.0 Å². The second kappa shape index (κ2) is 12.0. The summed E-state index contributed by atoms with van der Waals surface area (Å²) in [6.45, 7) is 2.48. The molecule has 1 heterocycles. The number of nitrogens with one attached hydrogen (secondary N) is 1. The van der Waals surface area contributed by atoms with E-state index in [0.717, 1.165) is 17.0 Å². The first-order valence-electron chi connectivity index (χ1n) is 10.8. The summed E-state index contributed by atoms with van der Waals surface area (Å²) in [7, 11) is 0. The van der Waals surface area contributed by atoms with E-state index in [1.54, 1.807) is 12.1 Å². The number of hydrogen-bond donors (Lipinski definition) is 1. The van der Waals surface area contributed by atoms with Gasteiger partial charge in [-0.2, -0.15) is 5.10 Å². The standard InChI is InChI=1S/C25H20Cl2FN5O2S/c1-2-35-19-12-10-18(11-13-19)33-24(16-6-8-17(26)9-7-16)31-32-25(33)36-15-23(34)30-29-14-20-21(27)4-3-5-22(20)28/h3-14H,2,15H2,1H3,(H,30,34)/b29-14+. The van der Waals surface area contributed by atoms with Gasteiger partial charge in [0.2, 0.25) is 0 Å². The molecule has 0 atom stereocenters. The molecule has 0 radical (unpaired) electrons. The fourth-order valence-electron chi connectivity index (χ4n) is 3.21.